The highest BCUT2D eigenvalue weighted by molar-refractivity contribution is 6.32. The standard InChI is InChI=1S/C17H15ClFN3O3/c18-15-4-3-11(7-16(15)22(24)25)17(23)20-13-8-12(19)9-14(10-13)21-5-1-2-6-21/h3-4,7-10H,1-2,5-6H2,(H,20,23). The highest BCUT2D eigenvalue weighted by Crippen LogP contribution is 2.27. The number of benzene rings is 2. The van der Waals surface area contributed by atoms with Gasteiger partial charge in [-0.05, 0) is 43.2 Å². The van der Waals surface area contributed by atoms with Gasteiger partial charge in [-0.3, -0.25) is 14.9 Å². The number of anilines is 2. The number of hydrogen-bond acceptors (Lipinski definition) is 4. The summed E-state index contributed by atoms with van der Waals surface area (Å²) >= 11 is 5.74. The molecule has 1 saturated heterocycles. The molecule has 1 aliphatic rings. The number of amides is 1. The van der Waals surface area contributed by atoms with E-state index in [9.17, 15) is 19.3 Å². The number of hydrogen-bond donors (Lipinski definition) is 1. The van der Waals surface area contributed by atoms with E-state index in [1.54, 1.807) is 6.07 Å². The fourth-order valence-electron chi connectivity index (χ4n) is 2.80. The zero-order valence-electron chi connectivity index (χ0n) is 13.2. The maximum Gasteiger partial charge on any atom is 0.288 e. The van der Waals surface area contributed by atoms with Gasteiger partial charge in [0.1, 0.15) is 10.8 Å². The Balaban J connectivity index is 1.83. The number of carbonyl (C=O) groups excluding carboxylic acids is 1. The van der Waals surface area contributed by atoms with Crippen LogP contribution in [0.3, 0.4) is 0 Å². The molecular formula is C17H15ClFN3O3. The minimum absolute atomic E-state index is 0.0522. The average molecular weight is 364 g/mol. The molecule has 1 N–H and O–H groups in total. The lowest BCUT2D eigenvalue weighted by molar-refractivity contribution is -0.384. The van der Waals surface area contributed by atoms with Crippen LogP contribution in [0.1, 0.15) is 23.2 Å². The Morgan fingerprint density at radius 3 is 2.60 bits per heavy atom. The highest BCUT2D eigenvalue weighted by Gasteiger charge is 2.18. The molecule has 0 bridgehead atoms. The summed E-state index contributed by atoms with van der Waals surface area (Å²) in [6.45, 7) is 1.69. The molecule has 8 heteroatoms. The molecule has 0 unspecified atom stereocenters. The first-order chi connectivity index (χ1) is 11.9. The Morgan fingerprint density at radius 1 is 1.20 bits per heavy atom. The first-order valence-electron chi connectivity index (χ1n) is 7.75. The summed E-state index contributed by atoms with van der Waals surface area (Å²) in [7, 11) is 0. The van der Waals surface area contributed by atoms with E-state index in [-0.39, 0.29) is 16.3 Å². The van der Waals surface area contributed by atoms with Crippen LogP contribution in [0.2, 0.25) is 5.02 Å². The Kier molecular flexibility index (Phi) is 4.85. The van der Waals surface area contributed by atoms with Gasteiger partial charge in [0, 0.05) is 36.1 Å². The Bertz CT molecular complexity index is 838. The molecule has 0 aromatic heterocycles. The maximum atomic E-state index is 13.9. The molecule has 0 spiro atoms. The van der Waals surface area contributed by atoms with Crippen LogP contribution >= 0.6 is 11.6 Å². The van der Waals surface area contributed by atoms with Crippen molar-refractivity contribution in [1.82, 2.24) is 0 Å². The van der Waals surface area contributed by atoms with Crippen LogP contribution in [0.5, 0.6) is 0 Å². The van der Waals surface area contributed by atoms with Gasteiger partial charge < -0.3 is 10.2 Å². The Labute approximate surface area is 148 Å². The largest absolute Gasteiger partial charge is 0.371 e. The fraction of sp³-hybridized carbons (Fsp3) is 0.235. The molecular weight excluding hydrogens is 349 g/mol. The number of nitrogens with zero attached hydrogens (tertiary/aromatic N) is 2. The summed E-state index contributed by atoms with van der Waals surface area (Å²) in [6.07, 6.45) is 2.10. The number of rotatable bonds is 4. The molecule has 3 rings (SSSR count). The lowest BCUT2D eigenvalue weighted by Gasteiger charge is -2.18. The van der Waals surface area contributed by atoms with Crippen LogP contribution in [0, 0.1) is 15.9 Å². The maximum absolute atomic E-state index is 13.9. The van der Waals surface area contributed by atoms with Crippen molar-refractivity contribution < 1.29 is 14.1 Å². The lowest BCUT2D eigenvalue weighted by Crippen LogP contribution is -2.18. The SMILES string of the molecule is O=C(Nc1cc(F)cc(N2CCCC2)c1)c1ccc(Cl)c([N+](=O)[O-])c1. The van der Waals surface area contributed by atoms with E-state index in [1.165, 1.54) is 24.3 Å². The van der Waals surface area contributed by atoms with Crippen LogP contribution in [-0.4, -0.2) is 23.9 Å². The third-order valence-corrected chi connectivity index (χ3v) is 4.34. The van der Waals surface area contributed by atoms with Crippen molar-refractivity contribution in [3.8, 4) is 0 Å². The molecule has 2 aromatic rings. The molecule has 1 fully saturated rings. The van der Waals surface area contributed by atoms with Crippen LogP contribution in [0.4, 0.5) is 21.5 Å². The van der Waals surface area contributed by atoms with E-state index in [0.717, 1.165) is 32.0 Å². The quantitative estimate of drug-likeness (QED) is 0.651. The van der Waals surface area contributed by atoms with Gasteiger partial charge in [0.25, 0.3) is 11.6 Å². The second-order valence-electron chi connectivity index (χ2n) is 5.77. The zero-order valence-corrected chi connectivity index (χ0v) is 13.9. The van der Waals surface area contributed by atoms with Gasteiger partial charge >= 0.3 is 0 Å². The molecule has 0 saturated carbocycles. The van der Waals surface area contributed by atoms with E-state index >= 15 is 0 Å². The predicted octanol–water partition coefficient (Wildman–Crippen LogP) is 4.24. The van der Waals surface area contributed by atoms with E-state index in [4.69, 9.17) is 11.6 Å². The van der Waals surface area contributed by atoms with Crippen molar-refractivity contribution in [2.45, 2.75) is 12.8 Å². The molecule has 1 heterocycles. The molecule has 130 valence electrons. The van der Waals surface area contributed by atoms with Crippen LogP contribution in [0.15, 0.2) is 36.4 Å². The lowest BCUT2D eigenvalue weighted by atomic mass is 10.1. The summed E-state index contributed by atoms with van der Waals surface area (Å²) in [5.41, 5.74) is 0.716. The van der Waals surface area contributed by atoms with Gasteiger partial charge in [0.2, 0.25) is 0 Å². The number of nitrogens with one attached hydrogen (secondary N) is 1. The first kappa shape index (κ1) is 17.2. The van der Waals surface area contributed by atoms with Crippen LogP contribution < -0.4 is 10.2 Å². The van der Waals surface area contributed by atoms with E-state index < -0.39 is 16.6 Å². The van der Waals surface area contributed by atoms with E-state index in [2.05, 4.69) is 5.32 Å². The third kappa shape index (κ3) is 3.88. The van der Waals surface area contributed by atoms with Crippen molar-refractivity contribution in [2.75, 3.05) is 23.3 Å². The molecule has 0 aliphatic carbocycles. The van der Waals surface area contributed by atoms with Gasteiger partial charge in [0.05, 0.1) is 4.92 Å². The molecule has 6 nitrogen and oxygen atoms in total. The summed E-state index contributed by atoms with van der Waals surface area (Å²) in [5.74, 6) is -1.03. The number of halogens is 2. The van der Waals surface area contributed by atoms with E-state index in [0.29, 0.717) is 11.4 Å². The molecule has 2 aromatic carbocycles. The normalized spacial score (nSPS) is 13.8. The van der Waals surface area contributed by atoms with Crippen LogP contribution in [0.25, 0.3) is 0 Å². The monoisotopic (exact) mass is 363 g/mol. The fourth-order valence-corrected chi connectivity index (χ4v) is 2.99. The summed E-state index contributed by atoms with van der Waals surface area (Å²) in [4.78, 5) is 24.6. The molecule has 1 aliphatic heterocycles. The summed E-state index contributed by atoms with van der Waals surface area (Å²) < 4.78 is 13.9. The number of nitro benzene ring substituents is 1. The minimum Gasteiger partial charge on any atom is -0.371 e. The van der Waals surface area contributed by atoms with Gasteiger partial charge in [-0.25, -0.2) is 4.39 Å². The topological polar surface area (TPSA) is 75.5 Å². The Hall–Kier alpha value is -2.67. The first-order valence-corrected chi connectivity index (χ1v) is 8.12. The Morgan fingerprint density at radius 2 is 1.92 bits per heavy atom. The average Bonchev–Trinajstić information content (AvgIpc) is 3.08. The van der Waals surface area contributed by atoms with Gasteiger partial charge in [-0.15, -0.1) is 0 Å². The van der Waals surface area contributed by atoms with E-state index in [1.807, 2.05) is 4.90 Å². The van der Waals surface area contributed by atoms with Crippen molar-refractivity contribution in [1.29, 1.82) is 0 Å². The number of nitro groups is 1. The smallest absolute Gasteiger partial charge is 0.288 e. The summed E-state index contributed by atoms with van der Waals surface area (Å²) in [5, 5.41) is 13.5. The third-order valence-electron chi connectivity index (χ3n) is 4.02. The van der Waals surface area contributed by atoms with Crippen molar-refractivity contribution in [3.05, 3.63) is 62.9 Å². The second-order valence-corrected chi connectivity index (χ2v) is 6.18. The van der Waals surface area contributed by atoms with Crippen molar-refractivity contribution in [2.24, 2.45) is 0 Å². The highest BCUT2D eigenvalue weighted by atomic mass is 35.5. The minimum atomic E-state index is -0.660. The van der Waals surface area contributed by atoms with Crippen molar-refractivity contribution >= 4 is 34.6 Å². The predicted molar refractivity (Wildman–Crippen MR) is 93.9 cm³/mol. The van der Waals surface area contributed by atoms with Gasteiger partial charge in [0.15, 0.2) is 0 Å². The molecule has 0 radical (unpaired) electrons. The second kappa shape index (κ2) is 7.06. The van der Waals surface area contributed by atoms with Gasteiger partial charge in [-0.1, -0.05) is 11.6 Å². The number of carbonyl (C=O) groups is 1. The summed E-state index contributed by atoms with van der Waals surface area (Å²) in [6, 6.07) is 8.09. The molecule has 25 heavy (non-hydrogen) atoms. The molecule has 1 amide bonds. The van der Waals surface area contributed by atoms with Crippen LogP contribution in [-0.2, 0) is 0 Å². The zero-order chi connectivity index (χ0) is 18.0. The van der Waals surface area contributed by atoms with Gasteiger partial charge in [-0.2, -0.15) is 0 Å². The van der Waals surface area contributed by atoms with Crippen molar-refractivity contribution in [3.63, 3.8) is 0 Å². The molecule has 0 atom stereocenters.